The third kappa shape index (κ3) is 4.74. The zero-order chi connectivity index (χ0) is 23.5. The number of H-pyrrole nitrogens is 1. The van der Waals surface area contributed by atoms with Crippen LogP contribution in [0.2, 0.25) is 0 Å². The lowest BCUT2D eigenvalue weighted by Crippen LogP contribution is -2.29. The molecule has 0 saturated carbocycles. The van der Waals surface area contributed by atoms with Crippen LogP contribution in [0.15, 0.2) is 66.9 Å². The number of alkyl halides is 2. The summed E-state index contributed by atoms with van der Waals surface area (Å²) in [5.41, 5.74) is 2.37. The van der Waals surface area contributed by atoms with E-state index < -0.39 is 5.92 Å². The molecule has 0 bridgehead atoms. The quantitative estimate of drug-likeness (QED) is 0.419. The van der Waals surface area contributed by atoms with Crippen LogP contribution < -0.4 is 10.1 Å². The maximum Gasteiger partial charge on any atom is 0.261 e. The molecule has 5 rings (SSSR count). The van der Waals surface area contributed by atoms with Crippen molar-refractivity contribution < 1.29 is 18.3 Å². The number of para-hydroxylation sites is 2. The number of fused-ring (bicyclic) bond motifs is 1. The first-order chi connectivity index (χ1) is 16.5. The number of halogens is 2. The van der Waals surface area contributed by atoms with Gasteiger partial charge >= 0.3 is 0 Å². The van der Waals surface area contributed by atoms with E-state index in [1.165, 1.54) is 0 Å². The fraction of sp³-hybridized carbons (Fsp3) is 0.240. The van der Waals surface area contributed by atoms with E-state index in [0.717, 1.165) is 5.56 Å². The molecule has 2 N–H and O–H groups in total. The third-order valence-electron chi connectivity index (χ3n) is 5.72. The molecule has 0 radical (unpaired) electrons. The summed E-state index contributed by atoms with van der Waals surface area (Å²) in [6.45, 7) is 0.836. The van der Waals surface area contributed by atoms with E-state index in [-0.39, 0.29) is 25.5 Å². The summed E-state index contributed by atoms with van der Waals surface area (Å²) in [6.07, 6.45) is 1.49. The topological polar surface area (TPSA) is 83.1 Å². The molecule has 3 heterocycles. The van der Waals surface area contributed by atoms with Crippen molar-refractivity contribution in [1.29, 1.82) is 0 Å². The second kappa shape index (κ2) is 9.18. The predicted octanol–water partition coefficient (Wildman–Crippen LogP) is 4.60. The average molecular weight is 463 g/mol. The van der Waals surface area contributed by atoms with Crippen molar-refractivity contribution in [2.24, 2.45) is 0 Å². The molecule has 1 aliphatic rings. The minimum Gasteiger partial charge on any atom is -0.491 e. The highest BCUT2D eigenvalue weighted by Crippen LogP contribution is 2.31. The summed E-state index contributed by atoms with van der Waals surface area (Å²) in [7, 11) is 0. The summed E-state index contributed by atoms with van der Waals surface area (Å²) in [5, 5.41) is 2.78. The lowest BCUT2D eigenvalue weighted by molar-refractivity contribution is 0.0113. The van der Waals surface area contributed by atoms with Gasteiger partial charge in [-0.15, -0.1) is 0 Å². The van der Waals surface area contributed by atoms with Gasteiger partial charge in [0.05, 0.1) is 23.2 Å². The largest absolute Gasteiger partial charge is 0.491 e. The Morgan fingerprint density at radius 3 is 2.76 bits per heavy atom. The molecular weight excluding hydrogens is 440 g/mol. The fourth-order valence-corrected chi connectivity index (χ4v) is 4.03. The first-order valence-electron chi connectivity index (χ1n) is 11.0. The molecule has 2 aromatic heterocycles. The van der Waals surface area contributed by atoms with E-state index in [1.807, 2.05) is 30.3 Å². The first-order valence-corrected chi connectivity index (χ1v) is 11.0. The molecule has 1 fully saturated rings. The Bertz CT molecular complexity index is 1310. The number of anilines is 1. The van der Waals surface area contributed by atoms with Crippen LogP contribution in [0.4, 0.5) is 14.6 Å². The Morgan fingerprint density at radius 2 is 1.97 bits per heavy atom. The van der Waals surface area contributed by atoms with Gasteiger partial charge < -0.3 is 15.0 Å². The molecule has 0 spiro atoms. The van der Waals surface area contributed by atoms with Crippen LogP contribution in [0.25, 0.3) is 22.4 Å². The number of hydrogen-bond acceptors (Lipinski definition) is 5. The van der Waals surface area contributed by atoms with Crippen molar-refractivity contribution in [2.45, 2.75) is 12.3 Å². The van der Waals surface area contributed by atoms with Gasteiger partial charge in [0.25, 0.3) is 11.8 Å². The van der Waals surface area contributed by atoms with Gasteiger partial charge in [-0.3, -0.25) is 9.69 Å². The summed E-state index contributed by atoms with van der Waals surface area (Å²) < 4.78 is 32.8. The molecule has 0 atom stereocenters. The average Bonchev–Trinajstić information content (AvgIpc) is 3.42. The molecule has 4 aromatic rings. The van der Waals surface area contributed by atoms with Gasteiger partial charge in [0.1, 0.15) is 29.5 Å². The van der Waals surface area contributed by atoms with E-state index in [4.69, 9.17) is 4.74 Å². The number of hydrogen-bond donors (Lipinski definition) is 2. The summed E-state index contributed by atoms with van der Waals surface area (Å²) in [6, 6.07) is 18.0. The molecule has 34 heavy (non-hydrogen) atoms. The van der Waals surface area contributed by atoms with Gasteiger partial charge in [0, 0.05) is 25.7 Å². The fourth-order valence-electron chi connectivity index (χ4n) is 4.03. The number of ether oxygens (including phenoxy) is 1. The second-order valence-corrected chi connectivity index (χ2v) is 8.18. The minimum atomic E-state index is -2.62. The molecule has 1 amide bonds. The zero-order valence-corrected chi connectivity index (χ0v) is 18.3. The highest BCUT2D eigenvalue weighted by atomic mass is 19.3. The number of rotatable bonds is 7. The zero-order valence-electron chi connectivity index (χ0n) is 18.3. The number of aromatic amines is 1. The molecule has 1 saturated heterocycles. The Kier molecular flexibility index (Phi) is 5.93. The number of likely N-dealkylation sites (tertiary alicyclic amines) is 1. The van der Waals surface area contributed by atoms with Crippen molar-refractivity contribution in [1.82, 2.24) is 19.9 Å². The van der Waals surface area contributed by atoms with Gasteiger partial charge in [0.2, 0.25) is 0 Å². The van der Waals surface area contributed by atoms with Crippen LogP contribution in [-0.4, -0.2) is 57.9 Å². The maximum absolute atomic E-state index is 13.4. The molecule has 7 nitrogen and oxygen atoms in total. The molecule has 0 unspecified atom stereocenters. The van der Waals surface area contributed by atoms with E-state index in [2.05, 4.69) is 20.3 Å². The van der Waals surface area contributed by atoms with Crippen LogP contribution in [0.1, 0.15) is 16.8 Å². The highest BCUT2D eigenvalue weighted by molar-refractivity contribution is 6.11. The second-order valence-electron chi connectivity index (χ2n) is 8.18. The van der Waals surface area contributed by atoms with Crippen LogP contribution >= 0.6 is 0 Å². The van der Waals surface area contributed by atoms with E-state index in [0.29, 0.717) is 47.1 Å². The van der Waals surface area contributed by atoms with Gasteiger partial charge in [-0.2, -0.15) is 0 Å². The number of amides is 1. The van der Waals surface area contributed by atoms with Crippen LogP contribution in [0.5, 0.6) is 5.75 Å². The Morgan fingerprint density at radius 1 is 1.12 bits per heavy atom. The molecule has 1 aliphatic heterocycles. The van der Waals surface area contributed by atoms with E-state index >= 15 is 0 Å². The summed E-state index contributed by atoms with van der Waals surface area (Å²) in [5.74, 6) is -1.33. The molecular formula is C25H23F2N5O2. The monoisotopic (exact) mass is 463 g/mol. The Hall–Kier alpha value is -3.85. The van der Waals surface area contributed by atoms with Crippen LogP contribution in [-0.2, 0) is 0 Å². The van der Waals surface area contributed by atoms with Crippen molar-refractivity contribution in [3.63, 3.8) is 0 Å². The predicted molar refractivity (Wildman–Crippen MR) is 125 cm³/mol. The number of nitrogens with zero attached hydrogens (tertiary/aromatic N) is 3. The Balaban J connectivity index is 1.36. The smallest absolute Gasteiger partial charge is 0.261 e. The number of nitrogens with one attached hydrogen (secondary N) is 2. The van der Waals surface area contributed by atoms with Crippen LogP contribution in [0.3, 0.4) is 0 Å². The normalized spacial score (nSPS) is 15.5. The summed E-state index contributed by atoms with van der Waals surface area (Å²) in [4.78, 5) is 26.6. The number of imidazole rings is 1. The number of benzene rings is 2. The van der Waals surface area contributed by atoms with Crippen molar-refractivity contribution in [3.05, 3.63) is 72.4 Å². The lowest BCUT2D eigenvalue weighted by atomic mass is 10.1. The Labute approximate surface area is 194 Å². The van der Waals surface area contributed by atoms with Crippen LogP contribution in [0, 0.1) is 0 Å². The molecule has 0 aliphatic carbocycles. The van der Waals surface area contributed by atoms with E-state index in [9.17, 15) is 13.6 Å². The molecule has 2 aromatic carbocycles. The lowest BCUT2D eigenvalue weighted by Gasteiger charge is -2.16. The van der Waals surface area contributed by atoms with E-state index in [1.54, 1.807) is 41.4 Å². The highest BCUT2D eigenvalue weighted by Gasteiger charge is 2.37. The number of aromatic nitrogens is 3. The molecule has 9 heteroatoms. The van der Waals surface area contributed by atoms with Crippen molar-refractivity contribution >= 4 is 22.8 Å². The summed E-state index contributed by atoms with van der Waals surface area (Å²) >= 11 is 0. The third-order valence-corrected chi connectivity index (χ3v) is 5.72. The van der Waals surface area contributed by atoms with Gasteiger partial charge in [-0.1, -0.05) is 24.3 Å². The maximum atomic E-state index is 13.4. The minimum absolute atomic E-state index is 0.112. The number of carbonyl (C=O) groups is 1. The van der Waals surface area contributed by atoms with Crippen molar-refractivity contribution in [3.8, 4) is 17.1 Å². The van der Waals surface area contributed by atoms with Gasteiger partial charge in [0.15, 0.2) is 0 Å². The van der Waals surface area contributed by atoms with Gasteiger partial charge in [-0.05, 0) is 36.4 Å². The number of carbonyl (C=O) groups excluding carboxylic acids is 1. The first kappa shape index (κ1) is 22.0. The van der Waals surface area contributed by atoms with Crippen molar-refractivity contribution in [2.75, 3.05) is 31.6 Å². The standard InChI is InChI=1S/C25H23F2N5O2/c26-25(27)11-13-32(16-25)14-15-34-20-9-2-1-6-17(20)23-29-19-8-5-7-18(22(19)31-23)24(33)30-21-10-3-4-12-28-21/h1-10,12H,11,13-16H2,(H,29,31)(H,28,30,33). The number of pyridine rings is 1. The SMILES string of the molecule is O=C(Nc1ccccn1)c1cccc2[nH]c(-c3ccccc3OCCN3CCC(F)(F)C3)nc12. The molecule has 174 valence electrons. The van der Waals surface area contributed by atoms with Gasteiger partial charge in [-0.25, -0.2) is 18.7 Å².